The molecule has 1 aliphatic heterocycles. The zero-order valence-corrected chi connectivity index (χ0v) is 16.9. The number of nitrogens with zero attached hydrogens (tertiary/aromatic N) is 2. The van der Waals surface area contributed by atoms with E-state index in [1.165, 1.54) is 0 Å². The molecule has 1 aromatic heterocycles. The highest BCUT2D eigenvalue weighted by Crippen LogP contribution is 2.22. The van der Waals surface area contributed by atoms with Crippen LogP contribution in [0, 0.1) is 0 Å². The van der Waals surface area contributed by atoms with Gasteiger partial charge in [0.05, 0.1) is 5.56 Å². The number of amides is 1. The minimum absolute atomic E-state index is 0. The lowest BCUT2D eigenvalue weighted by molar-refractivity contribution is 0.0743. The Balaban J connectivity index is 0.00000156. The molecular formula is C17H20BrCl2N3O2. The van der Waals surface area contributed by atoms with Gasteiger partial charge in [-0.2, -0.15) is 0 Å². The van der Waals surface area contributed by atoms with Crippen LogP contribution >= 0.6 is 40.7 Å². The number of carbonyl (C=O) groups is 1. The number of benzene rings is 1. The topological polar surface area (TPSA) is 54.5 Å². The van der Waals surface area contributed by atoms with Crippen LogP contribution in [0.2, 0.25) is 0 Å². The Kier molecular flexibility index (Phi) is 8.65. The lowest BCUT2D eigenvalue weighted by Gasteiger charge is -2.23. The van der Waals surface area contributed by atoms with Crippen molar-refractivity contribution in [3.63, 3.8) is 0 Å². The third-order valence-corrected chi connectivity index (χ3v) is 4.45. The second-order valence-corrected chi connectivity index (χ2v) is 6.42. The molecule has 136 valence electrons. The van der Waals surface area contributed by atoms with Gasteiger partial charge in [-0.1, -0.05) is 15.9 Å². The maximum atomic E-state index is 12.5. The molecule has 1 aliphatic rings. The SMILES string of the molecule is CN(C(=O)c1ccc(Oc2ccc(Br)cc2)nc1)C1CCNC1.Cl.Cl. The van der Waals surface area contributed by atoms with Crippen molar-refractivity contribution in [2.45, 2.75) is 12.5 Å². The summed E-state index contributed by atoms with van der Waals surface area (Å²) >= 11 is 3.38. The van der Waals surface area contributed by atoms with Crippen LogP contribution in [0.15, 0.2) is 47.1 Å². The van der Waals surface area contributed by atoms with Crippen LogP contribution in [-0.2, 0) is 0 Å². The van der Waals surface area contributed by atoms with E-state index in [0.29, 0.717) is 17.2 Å². The van der Waals surface area contributed by atoms with Crippen LogP contribution in [-0.4, -0.2) is 42.0 Å². The second-order valence-electron chi connectivity index (χ2n) is 5.50. The van der Waals surface area contributed by atoms with Crippen LogP contribution in [0.25, 0.3) is 0 Å². The van der Waals surface area contributed by atoms with Crippen molar-refractivity contribution in [1.82, 2.24) is 15.2 Å². The fourth-order valence-corrected chi connectivity index (χ4v) is 2.79. The average molecular weight is 449 g/mol. The highest BCUT2D eigenvalue weighted by molar-refractivity contribution is 9.10. The number of likely N-dealkylation sites (N-methyl/N-ethyl adjacent to an activating group) is 1. The molecule has 8 heteroatoms. The zero-order valence-electron chi connectivity index (χ0n) is 13.6. The van der Waals surface area contributed by atoms with Crippen molar-refractivity contribution in [3.05, 3.63) is 52.6 Å². The first-order valence-electron chi connectivity index (χ1n) is 7.51. The second kappa shape index (κ2) is 9.97. The molecule has 1 N–H and O–H groups in total. The number of hydrogen-bond acceptors (Lipinski definition) is 4. The molecule has 3 rings (SSSR count). The van der Waals surface area contributed by atoms with E-state index in [-0.39, 0.29) is 36.8 Å². The Hall–Kier alpha value is -1.34. The molecule has 25 heavy (non-hydrogen) atoms. The smallest absolute Gasteiger partial charge is 0.255 e. The molecule has 0 bridgehead atoms. The summed E-state index contributed by atoms with van der Waals surface area (Å²) in [6.07, 6.45) is 2.55. The van der Waals surface area contributed by atoms with Gasteiger partial charge < -0.3 is 15.0 Å². The summed E-state index contributed by atoms with van der Waals surface area (Å²) in [5.41, 5.74) is 0.572. The molecule has 5 nitrogen and oxygen atoms in total. The predicted molar refractivity (Wildman–Crippen MR) is 106 cm³/mol. The van der Waals surface area contributed by atoms with Crippen LogP contribution in [0.5, 0.6) is 11.6 Å². The Morgan fingerprint density at radius 1 is 1.24 bits per heavy atom. The lowest BCUT2D eigenvalue weighted by Crippen LogP contribution is -2.38. The molecule has 1 atom stereocenters. The van der Waals surface area contributed by atoms with Crippen molar-refractivity contribution in [1.29, 1.82) is 0 Å². The van der Waals surface area contributed by atoms with Crippen LogP contribution in [0.3, 0.4) is 0 Å². The summed E-state index contributed by atoms with van der Waals surface area (Å²) in [6.45, 7) is 1.81. The molecule has 2 aromatic rings. The van der Waals surface area contributed by atoms with E-state index in [2.05, 4.69) is 26.2 Å². The number of ether oxygens (including phenoxy) is 1. The van der Waals surface area contributed by atoms with Gasteiger partial charge in [0.15, 0.2) is 0 Å². The first-order valence-corrected chi connectivity index (χ1v) is 8.30. The summed E-state index contributed by atoms with van der Waals surface area (Å²) in [5.74, 6) is 1.16. The van der Waals surface area contributed by atoms with Crippen molar-refractivity contribution >= 4 is 46.7 Å². The number of aromatic nitrogens is 1. The van der Waals surface area contributed by atoms with Crippen LogP contribution < -0.4 is 10.1 Å². The molecule has 1 amide bonds. The first kappa shape index (κ1) is 21.7. The number of carbonyl (C=O) groups excluding carboxylic acids is 1. The van der Waals surface area contributed by atoms with E-state index < -0.39 is 0 Å². The highest BCUT2D eigenvalue weighted by atomic mass is 79.9. The number of nitrogens with one attached hydrogen (secondary N) is 1. The number of pyridine rings is 1. The van der Waals surface area contributed by atoms with Gasteiger partial charge in [0.2, 0.25) is 5.88 Å². The van der Waals surface area contributed by atoms with Gasteiger partial charge >= 0.3 is 0 Å². The summed E-state index contributed by atoms with van der Waals surface area (Å²) in [5, 5.41) is 3.27. The number of halogens is 3. The Labute approximate surface area is 168 Å². The summed E-state index contributed by atoms with van der Waals surface area (Å²) in [6, 6.07) is 11.2. The quantitative estimate of drug-likeness (QED) is 0.770. The van der Waals surface area contributed by atoms with Crippen molar-refractivity contribution in [2.24, 2.45) is 0 Å². The van der Waals surface area contributed by atoms with E-state index in [9.17, 15) is 4.79 Å². The van der Waals surface area contributed by atoms with Crippen LogP contribution in [0.1, 0.15) is 16.8 Å². The maximum absolute atomic E-state index is 12.5. The van der Waals surface area contributed by atoms with Crippen LogP contribution in [0.4, 0.5) is 0 Å². The highest BCUT2D eigenvalue weighted by Gasteiger charge is 2.24. The molecular weight excluding hydrogens is 429 g/mol. The summed E-state index contributed by atoms with van der Waals surface area (Å²) in [7, 11) is 1.84. The Bertz CT molecular complexity index is 677. The van der Waals surface area contributed by atoms with Gasteiger partial charge in [-0.25, -0.2) is 4.98 Å². The lowest BCUT2D eigenvalue weighted by atomic mass is 10.2. The van der Waals surface area contributed by atoms with Gasteiger partial charge in [-0.3, -0.25) is 4.79 Å². The number of rotatable bonds is 4. The molecule has 2 heterocycles. The van der Waals surface area contributed by atoms with Gasteiger partial charge in [-0.05, 0) is 43.3 Å². The summed E-state index contributed by atoms with van der Waals surface area (Å²) in [4.78, 5) is 18.5. The average Bonchev–Trinajstić information content (AvgIpc) is 3.11. The molecule has 1 fully saturated rings. The standard InChI is InChI=1S/C17H18BrN3O2.2ClH/c1-21(14-8-9-19-11-14)17(22)12-2-7-16(20-10-12)23-15-5-3-13(18)4-6-15;;/h2-7,10,14,19H,8-9,11H2,1H3;2*1H. The fraction of sp³-hybridized carbons (Fsp3) is 0.294. The Morgan fingerprint density at radius 3 is 2.52 bits per heavy atom. The molecule has 0 radical (unpaired) electrons. The van der Waals surface area contributed by atoms with Crippen molar-refractivity contribution < 1.29 is 9.53 Å². The van der Waals surface area contributed by atoms with E-state index >= 15 is 0 Å². The maximum Gasteiger partial charge on any atom is 0.255 e. The van der Waals surface area contributed by atoms with Gasteiger partial charge in [0.1, 0.15) is 5.75 Å². The monoisotopic (exact) mass is 447 g/mol. The molecule has 1 unspecified atom stereocenters. The van der Waals surface area contributed by atoms with Gasteiger partial charge in [-0.15, -0.1) is 24.8 Å². The zero-order chi connectivity index (χ0) is 16.2. The third kappa shape index (κ3) is 5.57. The fourth-order valence-electron chi connectivity index (χ4n) is 2.53. The molecule has 0 spiro atoms. The van der Waals surface area contributed by atoms with E-state index in [0.717, 1.165) is 24.0 Å². The van der Waals surface area contributed by atoms with E-state index in [4.69, 9.17) is 4.74 Å². The molecule has 1 aromatic carbocycles. The molecule has 0 saturated carbocycles. The Morgan fingerprint density at radius 2 is 1.96 bits per heavy atom. The first-order chi connectivity index (χ1) is 11.1. The van der Waals surface area contributed by atoms with E-state index in [1.54, 1.807) is 23.2 Å². The molecule has 0 aliphatic carbocycles. The van der Waals surface area contributed by atoms with Crippen molar-refractivity contribution in [3.8, 4) is 11.6 Å². The molecule has 1 saturated heterocycles. The minimum atomic E-state index is -0.0126. The third-order valence-electron chi connectivity index (χ3n) is 3.92. The van der Waals surface area contributed by atoms with Gasteiger partial charge in [0, 0.05) is 36.4 Å². The predicted octanol–water partition coefficient (Wildman–Crippen LogP) is 3.91. The largest absolute Gasteiger partial charge is 0.439 e. The minimum Gasteiger partial charge on any atom is -0.439 e. The number of hydrogen-bond donors (Lipinski definition) is 1. The van der Waals surface area contributed by atoms with Crippen molar-refractivity contribution in [2.75, 3.05) is 20.1 Å². The van der Waals surface area contributed by atoms with Gasteiger partial charge in [0.25, 0.3) is 5.91 Å². The summed E-state index contributed by atoms with van der Waals surface area (Å²) < 4.78 is 6.65. The normalized spacial score (nSPS) is 15.7. The van der Waals surface area contributed by atoms with E-state index in [1.807, 2.05) is 31.3 Å².